The zero-order chi connectivity index (χ0) is 13.7. The molecule has 0 atom stereocenters. The van der Waals surface area contributed by atoms with Crippen molar-refractivity contribution in [1.82, 2.24) is 15.5 Å². The van der Waals surface area contributed by atoms with E-state index in [9.17, 15) is 4.79 Å². The Labute approximate surface area is 114 Å². The zero-order valence-electron chi connectivity index (χ0n) is 11.7. The predicted octanol–water partition coefficient (Wildman–Crippen LogP) is 2.22. The van der Waals surface area contributed by atoms with Gasteiger partial charge in [-0.25, -0.2) is 0 Å². The number of nitrogens with one attached hydrogen (secondary N) is 2. The molecule has 0 aromatic carbocycles. The summed E-state index contributed by atoms with van der Waals surface area (Å²) in [4.78, 5) is 12.0. The Morgan fingerprint density at radius 1 is 1.32 bits per heavy atom. The van der Waals surface area contributed by atoms with Crippen LogP contribution in [0.3, 0.4) is 0 Å². The SMILES string of the molecule is CCC1(CNC(=O)c2ccc(NC)nn2)CCCC1. The number of amides is 1. The summed E-state index contributed by atoms with van der Waals surface area (Å²) >= 11 is 0. The van der Waals surface area contributed by atoms with E-state index in [2.05, 4.69) is 27.8 Å². The van der Waals surface area contributed by atoms with Crippen molar-refractivity contribution in [2.24, 2.45) is 5.41 Å². The van der Waals surface area contributed by atoms with Gasteiger partial charge < -0.3 is 10.6 Å². The Bertz CT molecular complexity index is 424. The monoisotopic (exact) mass is 262 g/mol. The van der Waals surface area contributed by atoms with E-state index < -0.39 is 0 Å². The molecule has 2 N–H and O–H groups in total. The number of anilines is 1. The highest BCUT2D eigenvalue weighted by Gasteiger charge is 2.32. The van der Waals surface area contributed by atoms with Gasteiger partial charge in [0, 0.05) is 13.6 Å². The molecule has 1 heterocycles. The van der Waals surface area contributed by atoms with Crippen LogP contribution in [0.15, 0.2) is 12.1 Å². The van der Waals surface area contributed by atoms with Crippen LogP contribution in [0.2, 0.25) is 0 Å². The molecule has 5 nitrogen and oxygen atoms in total. The molecular formula is C14H22N4O. The van der Waals surface area contributed by atoms with Gasteiger partial charge in [0.1, 0.15) is 5.82 Å². The summed E-state index contributed by atoms with van der Waals surface area (Å²) in [5.74, 6) is 0.534. The molecule has 1 aromatic rings. The van der Waals surface area contributed by atoms with E-state index in [0.29, 0.717) is 16.9 Å². The first-order valence-electron chi connectivity index (χ1n) is 6.99. The van der Waals surface area contributed by atoms with Gasteiger partial charge in [0.05, 0.1) is 0 Å². The summed E-state index contributed by atoms with van der Waals surface area (Å²) < 4.78 is 0. The fourth-order valence-corrected chi connectivity index (χ4v) is 2.73. The minimum absolute atomic E-state index is 0.130. The van der Waals surface area contributed by atoms with Crippen molar-refractivity contribution in [2.45, 2.75) is 39.0 Å². The normalized spacial score (nSPS) is 17.2. The molecule has 0 unspecified atom stereocenters. The zero-order valence-corrected chi connectivity index (χ0v) is 11.7. The minimum atomic E-state index is -0.130. The van der Waals surface area contributed by atoms with E-state index in [0.717, 1.165) is 13.0 Å². The lowest BCUT2D eigenvalue weighted by molar-refractivity contribution is 0.0923. The lowest BCUT2D eigenvalue weighted by Crippen LogP contribution is -2.36. The second-order valence-electron chi connectivity index (χ2n) is 5.30. The Kier molecular flexibility index (Phi) is 4.35. The highest BCUT2D eigenvalue weighted by atomic mass is 16.1. The van der Waals surface area contributed by atoms with Gasteiger partial charge in [-0.2, -0.15) is 0 Å². The van der Waals surface area contributed by atoms with E-state index in [4.69, 9.17) is 0 Å². The number of nitrogens with zero attached hydrogens (tertiary/aromatic N) is 2. The van der Waals surface area contributed by atoms with E-state index in [1.54, 1.807) is 19.2 Å². The highest BCUT2D eigenvalue weighted by Crippen LogP contribution is 2.40. The van der Waals surface area contributed by atoms with Gasteiger partial charge in [-0.15, -0.1) is 10.2 Å². The third kappa shape index (κ3) is 3.22. The second kappa shape index (κ2) is 5.99. The summed E-state index contributed by atoms with van der Waals surface area (Å²) in [7, 11) is 1.77. The highest BCUT2D eigenvalue weighted by molar-refractivity contribution is 5.92. The van der Waals surface area contributed by atoms with Crippen molar-refractivity contribution in [3.8, 4) is 0 Å². The fraction of sp³-hybridized carbons (Fsp3) is 0.643. The van der Waals surface area contributed by atoms with Gasteiger partial charge >= 0.3 is 0 Å². The molecule has 104 valence electrons. The van der Waals surface area contributed by atoms with Gasteiger partial charge in [0.2, 0.25) is 0 Å². The number of hydrogen-bond acceptors (Lipinski definition) is 4. The maximum absolute atomic E-state index is 12.0. The van der Waals surface area contributed by atoms with Crippen LogP contribution in [0.5, 0.6) is 0 Å². The first kappa shape index (κ1) is 13.8. The molecule has 0 saturated heterocycles. The second-order valence-corrected chi connectivity index (χ2v) is 5.30. The largest absolute Gasteiger partial charge is 0.372 e. The van der Waals surface area contributed by atoms with Crippen molar-refractivity contribution < 1.29 is 4.79 Å². The van der Waals surface area contributed by atoms with E-state index in [1.165, 1.54) is 25.7 Å². The van der Waals surface area contributed by atoms with Crippen molar-refractivity contribution in [2.75, 3.05) is 18.9 Å². The van der Waals surface area contributed by atoms with Gasteiger partial charge in [-0.05, 0) is 36.8 Å². The van der Waals surface area contributed by atoms with Crippen LogP contribution in [0.25, 0.3) is 0 Å². The first-order chi connectivity index (χ1) is 9.19. The van der Waals surface area contributed by atoms with Crippen molar-refractivity contribution in [3.63, 3.8) is 0 Å². The number of carbonyl (C=O) groups excluding carboxylic acids is 1. The van der Waals surface area contributed by atoms with E-state index in [1.807, 2.05) is 0 Å². The number of carbonyl (C=O) groups is 1. The number of aromatic nitrogens is 2. The molecule has 1 aromatic heterocycles. The van der Waals surface area contributed by atoms with Crippen LogP contribution in [0.4, 0.5) is 5.82 Å². The maximum atomic E-state index is 12.0. The van der Waals surface area contributed by atoms with Gasteiger partial charge in [0.15, 0.2) is 5.69 Å². The van der Waals surface area contributed by atoms with Gasteiger partial charge in [-0.1, -0.05) is 19.8 Å². The lowest BCUT2D eigenvalue weighted by atomic mass is 9.83. The van der Waals surface area contributed by atoms with E-state index in [-0.39, 0.29) is 5.91 Å². The molecule has 1 amide bonds. The average molecular weight is 262 g/mol. The van der Waals surface area contributed by atoms with Crippen LogP contribution in [0, 0.1) is 5.41 Å². The summed E-state index contributed by atoms with van der Waals surface area (Å²) in [6.45, 7) is 2.96. The Hall–Kier alpha value is -1.65. The topological polar surface area (TPSA) is 66.9 Å². The molecular weight excluding hydrogens is 240 g/mol. The van der Waals surface area contributed by atoms with Gasteiger partial charge in [0.25, 0.3) is 5.91 Å². The smallest absolute Gasteiger partial charge is 0.271 e. The van der Waals surface area contributed by atoms with Crippen LogP contribution in [-0.2, 0) is 0 Å². The summed E-state index contributed by atoms with van der Waals surface area (Å²) in [5.41, 5.74) is 0.678. The molecule has 2 rings (SSSR count). The van der Waals surface area contributed by atoms with E-state index >= 15 is 0 Å². The molecule has 1 fully saturated rings. The third-order valence-corrected chi connectivity index (χ3v) is 4.19. The Morgan fingerprint density at radius 2 is 2.05 bits per heavy atom. The molecule has 0 spiro atoms. The molecule has 1 aliphatic carbocycles. The minimum Gasteiger partial charge on any atom is -0.372 e. The molecule has 0 radical (unpaired) electrons. The quantitative estimate of drug-likeness (QED) is 0.854. The lowest BCUT2D eigenvalue weighted by Gasteiger charge is -2.27. The molecule has 0 bridgehead atoms. The summed E-state index contributed by atoms with van der Waals surface area (Å²) in [6, 6.07) is 3.45. The molecule has 5 heteroatoms. The third-order valence-electron chi connectivity index (χ3n) is 4.19. The maximum Gasteiger partial charge on any atom is 0.271 e. The number of hydrogen-bond donors (Lipinski definition) is 2. The van der Waals surface area contributed by atoms with Crippen LogP contribution in [-0.4, -0.2) is 29.7 Å². The van der Waals surface area contributed by atoms with Crippen molar-refractivity contribution in [3.05, 3.63) is 17.8 Å². The summed E-state index contributed by atoms with van der Waals surface area (Å²) in [5, 5.41) is 13.7. The van der Waals surface area contributed by atoms with Crippen LogP contribution < -0.4 is 10.6 Å². The average Bonchev–Trinajstić information content (AvgIpc) is 2.94. The molecule has 0 aliphatic heterocycles. The summed E-state index contributed by atoms with van der Waals surface area (Å²) in [6.07, 6.45) is 6.11. The molecule has 19 heavy (non-hydrogen) atoms. The van der Waals surface area contributed by atoms with Crippen molar-refractivity contribution in [1.29, 1.82) is 0 Å². The van der Waals surface area contributed by atoms with Gasteiger partial charge in [-0.3, -0.25) is 4.79 Å². The Morgan fingerprint density at radius 3 is 2.58 bits per heavy atom. The first-order valence-corrected chi connectivity index (χ1v) is 6.99. The van der Waals surface area contributed by atoms with Crippen molar-refractivity contribution >= 4 is 11.7 Å². The standard InChI is InChI=1S/C14H22N4O/c1-3-14(8-4-5-9-14)10-16-13(19)11-6-7-12(15-2)18-17-11/h6-7H,3-5,8-10H2,1-2H3,(H,15,18)(H,16,19). The predicted molar refractivity (Wildman–Crippen MR) is 75.1 cm³/mol. The number of rotatable bonds is 5. The molecule has 1 saturated carbocycles. The van der Waals surface area contributed by atoms with Crippen LogP contribution in [0.1, 0.15) is 49.5 Å². The molecule has 1 aliphatic rings. The van der Waals surface area contributed by atoms with Crippen LogP contribution >= 0.6 is 0 Å². The fourth-order valence-electron chi connectivity index (χ4n) is 2.73. The Balaban J connectivity index is 1.93.